The number of nitrogens with zero attached hydrogens (tertiary/aromatic N) is 3. The minimum atomic E-state index is -3.56. The molecule has 1 fully saturated rings. The molecule has 37 heavy (non-hydrogen) atoms. The van der Waals surface area contributed by atoms with Crippen molar-refractivity contribution in [2.75, 3.05) is 40.5 Å². The first-order chi connectivity index (χ1) is 17.8. The van der Waals surface area contributed by atoms with Gasteiger partial charge in [-0.3, -0.25) is 0 Å². The van der Waals surface area contributed by atoms with Crippen LogP contribution in [-0.2, 0) is 27.1 Å². The number of thioether (sulfide) groups is 1. The van der Waals surface area contributed by atoms with E-state index in [1.807, 2.05) is 31.2 Å². The third-order valence-electron chi connectivity index (χ3n) is 6.60. The molecule has 1 unspecified atom stereocenters. The highest BCUT2D eigenvalue weighted by atomic mass is 32.2. The topological polar surface area (TPSA) is 82.9 Å². The van der Waals surface area contributed by atoms with Gasteiger partial charge in [0.05, 0.1) is 30.1 Å². The predicted molar refractivity (Wildman–Crippen MR) is 147 cm³/mol. The molecule has 1 aliphatic heterocycles. The molecule has 0 bridgehead atoms. The average molecular weight is 548 g/mol. The number of benzene rings is 2. The minimum Gasteiger partial charge on any atom is -0.497 e. The molecule has 3 aromatic rings. The number of hydrogen-bond acceptors (Lipinski definition) is 7. The van der Waals surface area contributed by atoms with Crippen molar-refractivity contribution in [2.24, 2.45) is 5.92 Å². The molecule has 0 N–H and O–H groups in total. The average Bonchev–Trinajstić information content (AvgIpc) is 3.26. The fourth-order valence-electron chi connectivity index (χ4n) is 4.65. The molecule has 0 radical (unpaired) electrons. The van der Waals surface area contributed by atoms with Crippen LogP contribution in [0.15, 0.2) is 46.5 Å². The van der Waals surface area contributed by atoms with Gasteiger partial charge in [-0.05, 0) is 68.0 Å². The molecule has 8 nitrogen and oxygen atoms in total. The molecule has 0 saturated carbocycles. The summed E-state index contributed by atoms with van der Waals surface area (Å²) in [5.74, 6) is 2.51. The van der Waals surface area contributed by atoms with Gasteiger partial charge in [-0.2, -0.15) is 4.31 Å². The normalized spacial score (nSPS) is 16.8. The number of rotatable bonds is 12. The van der Waals surface area contributed by atoms with E-state index in [1.165, 1.54) is 0 Å². The van der Waals surface area contributed by atoms with Crippen LogP contribution in [0.25, 0.3) is 11.0 Å². The SMILES string of the molecule is CCOCCCn1c(SCc2cc(OC)cc(OC)c2)nc2cc(S(=O)(=O)N3CCCC(C)C3)ccc21. The minimum absolute atomic E-state index is 0.308. The van der Waals surface area contributed by atoms with Crippen LogP contribution in [0.1, 0.15) is 38.7 Å². The summed E-state index contributed by atoms with van der Waals surface area (Å²) in [5.41, 5.74) is 2.66. The molecule has 0 aliphatic carbocycles. The van der Waals surface area contributed by atoms with Gasteiger partial charge in [0.2, 0.25) is 10.0 Å². The molecule has 2 heterocycles. The molecule has 1 saturated heterocycles. The second-order valence-corrected chi connectivity index (χ2v) is 12.2. The molecular weight excluding hydrogens is 510 g/mol. The first kappa shape index (κ1) is 27.8. The summed E-state index contributed by atoms with van der Waals surface area (Å²) in [6.45, 7) is 7.31. The monoisotopic (exact) mass is 547 g/mol. The highest BCUT2D eigenvalue weighted by molar-refractivity contribution is 7.98. The summed E-state index contributed by atoms with van der Waals surface area (Å²) < 4.78 is 46.9. The zero-order chi connectivity index (χ0) is 26.4. The van der Waals surface area contributed by atoms with Gasteiger partial charge in [-0.25, -0.2) is 13.4 Å². The van der Waals surface area contributed by atoms with Crippen LogP contribution in [0.3, 0.4) is 0 Å². The van der Waals surface area contributed by atoms with E-state index in [0.29, 0.717) is 48.4 Å². The number of ether oxygens (including phenoxy) is 3. The second-order valence-electron chi connectivity index (χ2n) is 9.37. The van der Waals surface area contributed by atoms with Gasteiger partial charge < -0.3 is 18.8 Å². The zero-order valence-electron chi connectivity index (χ0n) is 22.1. The van der Waals surface area contributed by atoms with Crippen LogP contribution in [0.4, 0.5) is 0 Å². The lowest BCUT2D eigenvalue weighted by Gasteiger charge is -2.30. The Bertz CT molecular complexity index is 1290. The van der Waals surface area contributed by atoms with Crippen LogP contribution in [-0.4, -0.2) is 62.8 Å². The molecule has 1 aliphatic rings. The van der Waals surface area contributed by atoms with E-state index in [1.54, 1.807) is 42.4 Å². The van der Waals surface area contributed by atoms with Gasteiger partial charge in [-0.15, -0.1) is 0 Å². The Kier molecular flexibility index (Phi) is 9.39. The molecule has 2 aromatic carbocycles. The van der Waals surface area contributed by atoms with Crippen molar-refractivity contribution in [3.8, 4) is 11.5 Å². The lowest BCUT2D eigenvalue weighted by molar-refractivity contribution is 0.141. The Morgan fingerprint density at radius 3 is 2.54 bits per heavy atom. The first-order valence-electron chi connectivity index (χ1n) is 12.8. The van der Waals surface area contributed by atoms with Crippen LogP contribution < -0.4 is 9.47 Å². The predicted octanol–water partition coefficient (Wildman–Crippen LogP) is 5.19. The van der Waals surface area contributed by atoms with Gasteiger partial charge in [0.15, 0.2) is 5.16 Å². The van der Waals surface area contributed by atoms with Gasteiger partial charge in [-0.1, -0.05) is 18.7 Å². The van der Waals surface area contributed by atoms with Crippen LogP contribution in [0.2, 0.25) is 0 Å². The van der Waals surface area contributed by atoms with E-state index in [4.69, 9.17) is 19.2 Å². The van der Waals surface area contributed by atoms with E-state index >= 15 is 0 Å². The van der Waals surface area contributed by atoms with Gasteiger partial charge >= 0.3 is 0 Å². The fourth-order valence-corrected chi connectivity index (χ4v) is 7.24. The summed E-state index contributed by atoms with van der Waals surface area (Å²) in [6, 6.07) is 11.2. The number of methoxy groups -OCH3 is 2. The lowest BCUT2D eigenvalue weighted by Crippen LogP contribution is -2.39. The number of fused-ring (bicyclic) bond motifs is 1. The summed E-state index contributed by atoms with van der Waals surface area (Å²) in [5, 5.41) is 0.842. The quantitative estimate of drug-likeness (QED) is 0.228. The van der Waals surface area contributed by atoms with E-state index in [2.05, 4.69) is 11.5 Å². The Morgan fingerprint density at radius 2 is 1.86 bits per heavy atom. The first-order valence-corrected chi connectivity index (χ1v) is 15.2. The second kappa shape index (κ2) is 12.5. The number of aromatic nitrogens is 2. The maximum atomic E-state index is 13.4. The van der Waals surface area contributed by atoms with E-state index in [0.717, 1.165) is 53.5 Å². The smallest absolute Gasteiger partial charge is 0.243 e. The van der Waals surface area contributed by atoms with Gasteiger partial charge in [0.25, 0.3) is 0 Å². The lowest BCUT2D eigenvalue weighted by atomic mass is 10.0. The maximum absolute atomic E-state index is 13.4. The Morgan fingerprint density at radius 1 is 1.11 bits per heavy atom. The van der Waals surface area contributed by atoms with Crippen molar-refractivity contribution in [1.82, 2.24) is 13.9 Å². The molecule has 202 valence electrons. The van der Waals surface area contributed by atoms with Gasteiger partial charge in [0, 0.05) is 44.7 Å². The molecule has 1 atom stereocenters. The highest BCUT2D eigenvalue weighted by Gasteiger charge is 2.29. The van der Waals surface area contributed by atoms with Gasteiger partial charge in [0.1, 0.15) is 11.5 Å². The number of hydrogen-bond donors (Lipinski definition) is 0. The Labute approximate surface area is 224 Å². The fraction of sp³-hybridized carbons (Fsp3) is 0.519. The van der Waals surface area contributed by atoms with Crippen LogP contribution >= 0.6 is 11.8 Å². The molecule has 10 heteroatoms. The molecule has 0 amide bonds. The van der Waals surface area contributed by atoms with Crippen molar-refractivity contribution in [1.29, 1.82) is 0 Å². The van der Waals surface area contributed by atoms with Crippen molar-refractivity contribution < 1.29 is 22.6 Å². The number of sulfonamides is 1. The summed E-state index contributed by atoms with van der Waals surface area (Å²) in [6.07, 6.45) is 2.80. The third kappa shape index (κ3) is 6.60. The van der Waals surface area contributed by atoms with Crippen molar-refractivity contribution in [3.63, 3.8) is 0 Å². The highest BCUT2D eigenvalue weighted by Crippen LogP contribution is 2.32. The van der Waals surface area contributed by atoms with Crippen molar-refractivity contribution in [3.05, 3.63) is 42.0 Å². The van der Waals surface area contributed by atoms with E-state index < -0.39 is 10.0 Å². The zero-order valence-corrected chi connectivity index (χ0v) is 23.7. The maximum Gasteiger partial charge on any atom is 0.243 e. The Hall–Kier alpha value is -2.27. The molecule has 1 aromatic heterocycles. The molecule has 4 rings (SSSR count). The Balaban J connectivity index is 1.63. The largest absolute Gasteiger partial charge is 0.497 e. The van der Waals surface area contributed by atoms with E-state index in [-0.39, 0.29) is 0 Å². The van der Waals surface area contributed by atoms with Crippen molar-refractivity contribution >= 4 is 32.8 Å². The van der Waals surface area contributed by atoms with E-state index in [9.17, 15) is 8.42 Å². The van der Waals surface area contributed by atoms with Crippen LogP contribution in [0, 0.1) is 5.92 Å². The number of imidazole rings is 1. The number of aryl methyl sites for hydroxylation is 1. The molecule has 0 spiro atoms. The van der Waals surface area contributed by atoms with Crippen molar-refractivity contribution in [2.45, 2.75) is 55.5 Å². The standard InChI is InChI=1S/C27H37N3O5S2/c1-5-35-13-7-12-30-26-10-9-24(37(31,32)29-11-6-8-20(2)18-29)17-25(26)28-27(30)36-19-21-14-22(33-3)16-23(15-21)34-4/h9-10,14-17,20H,5-8,11-13,18-19H2,1-4H3. The number of piperidine rings is 1. The summed E-state index contributed by atoms with van der Waals surface area (Å²) in [4.78, 5) is 5.19. The summed E-state index contributed by atoms with van der Waals surface area (Å²) >= 11 is 1.61. The van der Waals surface area contributed by atoms with Crippen LogP contribution in [0.5, 0.6) is 11.5 Å². The molecular formula is C27H37N3O5S2. The summed E-state index contributed by atoms with van der Waals surface area (Å²) in [7, 11) is -0.278. The third-order valence-corrected chi connectivity index (χ3v) is 9.50.